The molecule has 2 rings (SSSR count). The summed E-state index contributed by atoms with van der Waals surface area (Å²) in [4.78, 5) is 2.22. The van der Waals surface area contributed by atoms with Gasteiger partial charge in [-0.1, -0.05) is 12.5 Å². The van der Waals surface area contributed by atoms with Crippen LogP contribution in [0.4, 0.5) is 5.69 Å². The molecule has 1 aliphatic heterocycles. The standard InChI is InChI=1S/C16H26N2/c1-12-9-14(10-15-7-5-6-8-17-15)11-16(13(12)2)18(3)4/h9,11,15,17H,5-8,10H2,1-4H3. The molecule has 0 aliphatic carbocycles. The molecule has 1 fully saturated rings. The molecule has 1 aliphatic rings. The van der Waals surface area contributed by atoms with Crippen molar-refractivity contribution in [1.82, 2.24) is 5.32 Å². The second kappa shape index (κ2) is 5.75. The van der Waals surface area contributed by atoms with Crippen LogP contribution in [0.3, 0.4) is 0 Å². The number of rotatable bonds is 3. The Balaban J connectivity index is 2.17. The van der Waals surface area contributed by atoms with Gasteiger partial charge >= 0.3 is 0 Å². The Morgan fingerprint density at radius 3 is 2.61 bits per heavy atom. The molecule has 1 N–H and O–H groups in total. The second-order valence-electron chi connectivity index (χ2n) is 5.80. The van der Waals surface area contributed by atoms with Gasteiger partial charge in [0, 0.05) is 25.8 Å². The molecule has 2 heteroatoms. The Morgan fingerprint density at radius 2 is 2.00 bits per heavy atom. The van der Waals surface area contributed by atoms with Crippen molar-refractivity contribution in [2.75, 3.05) is 25.5 Å². The van der Waals surface area contributed by atoms with Crippen molar-refractivity contribution in [3.05, 3.63) is 28.8 Å². The number of nitrogens with zero attached hydrogens (tertiary/aromatic N) is 1. The summed E-state index contributed by atoms with van der Waals surface area (Å²) >= 11 is 0. The first kappa shape index (κ1) is 13.4. The van der Waals surface area contributed by atoms with Crippen molar-refractivity contribution in [1.29, 1.82) is 0 Å². The summed E-state index contributed by atoms with van der Waals surface area (Å²) in [6, 6.07) is 5.40. The minimum absolute atomic E-state index is 0.677. The summed E-state index contributed by atoms with van der Waals surface area (Å²) in [5.74, 6) is 0. The summed E-state index contributed by atoms with van der Waals surface area (Å²) < 4.78 is 0. The molecular weight excluding hydrogens is 220 g/mol. The normalized spacial score (nSPS) is 19.9. The fourth-order valence-corrected chi connectivity index (χ4v) is 2.88. The fourth-order valence-electron chi connectivity index (χ4n) is 2.88. The van der Waals surface area contributed by atoms with Gasteiger partial charge in [-0.2, -0.15) is 0 Å². The molecule has 1 aromatic carbocycles. The Bertz CT molecular complexity index is 404. The zero-order valence-corrected chi connectivity index (χ0v) is 12.2. The smallest absolute Gasteiger partial charge is 0.0396 e. The zero-order chi connectivity index (χ0) is 13.1. The van der Waals surface area contributed by atoms with E-state index in [-0.39, 0.29) is 0 Å². The van der Waals surface area contributed by atoms with E-state index in [1.54, 1.807) is 0 Å². The first-order chi connectivity index (χ1) is 8.58. The Morgan fingerprint density at radius 1 is 1.22 bits per heavy atom. The molecule has 0 spiro atoms. The third-order valence-corrected chi connectivity index (χ3v) is 4.08. The molecule has 0 amide bonds. The van der Waals surface area contributed by atoms with Crippen LogP contribution in [0.25, 0.3) is 0 Å². The third-order valence-electron chi connectivity index (χ3n) is 4.08. The van der Waals surface area contributed by atoms with Gasteiger partial charge in [0.15, 0.2) is 0 Å². The molecular formula is C16H26N2. The molecule has 0 saturated carbocycles. The number of piperidine rings is 1. The first-order valence-electron chi connectivity index (χ1n) is 7.09. The Hall–Kier alpha value is -1.02. The van der Waals surface area contributed by atoms with Crippen molar-refractivity contribution >= 4 is 5.69 Å². The van der Waals surface area contributed by atoms with E-state index in [9.17, 15) is 0 Å². The van der Waals surface area contributed by atoms with Gasteiger partial charge in [-0.15, -0.1) is 0 Å². The van der Waals surface area contributed by atoms with Gasteiger partial charge in [-0.05, 0) is 62.4 Å². The van der Waals surface area contributed by atoms with E-state index in [0.29, 0.717) is 6.04 Å². The zero-order valence-electron chi connectivity index (χ0n) is 12.2. The molecule has 1 atom stereocenters. The predicted molar refractivity (Wildman–Crippen MR) is 79.6 cm³/mol. The predicted octanol–water partition coefficient (Wildman–Crippen LogP) is 3.05. The van der Waals surface area contributed by atoms with Crippen LogP contribution in [0.5, 0.6) is 0 Å². The quantitative estimate of drug-likeness (QED) is 0.882. The third kappa shape index (κ3) is 3.05. The minimum Gasteiger partial charge on any atom is -0.377 e. The van der Waals surface area contributed by atoms with Gasteiger partial charge < -0.3 is 10.2 Å². The van der Waals surface area contributed by atoms with Crippen LogP contribution in [-0.2, 0) is 6.42 Å². The van der Waals surface area contributed by atoms with Crippen LogP contribution in [0.15, 0.2) is 12.1 Å². The van der Waals surface area contributed by atoms with Gasteiger partial charge in [0.2, 0.25) is 0 Å². The van der Waals surface area contributed by atoms with Crippen LogP contribution >= 0.6 is 0 Å². The van der Waals surface area contributed by atoms with Crippen LogP contribution in [0.2, 0.25) is 0 Å². The van der Waals surface area contributed by atoms with E-state index in [1.807, 2.05) is 0 Å². The number of aryl methyl sites for hydroxylation is 1. The average molecular weight is 246 g/mol. The van der Waals surface area contributed by atoms with Crippen molar-refractivity contribution in [3.63, 3.8) is 0 Å². The summed E-state index contributed by atoms with van der Waals surface area (Å²) in [5, 5.41) is 3.64. The summed E-state index contributed by atoms with van der Waals surface area (Å²) in [6.07, 6.45) is 5.21. The van der Waals surface area contributed by atoms with Crippen LogP contribution in [0.1, 0.15) is 36.0 Å². The lowest BCUT2D eigenvalue weighted by molar-refractivity contribution is 0.399. The van der Waals surface area contributed by atoms with E-state index in [4.69, 9.17) is 0 Å². The highest BCUT2D eigenvalue weighted by molar-refractivity contribution is 5.57. The number of hydrogen-bond donors (Lipinski definition) is 1. The highest BCUT2D eigenvalue weighted by Crippen LogP contribution is 2.25. The molecule has 1 aromatic rings. The van der Waals surface area contributed by atoms with E-state index in [2.05, 4.69) is 50.3 Å². The summed E-state index contributed by atoms with van der Waals surface area (Å²) in [6.45, 7) is 5.63. The van der Waals surface area contributed by atoms with E-state index in [0.717, 1.165) is 0 Å². The van der Waals surface area contributed by atoms with Crippen molar-refractivity contribution in [2.45, 2.75) is 45.6 Å². The SMILES string of the molecule is Cc1cc(CC2CCCCN2)cc(N(C)C)c1C. The first-order valence-corrected chi connectivity index (χ1v) is 7.09. The number of hydrogen-bond acceptors (Lipinski definition) is 2. The molecule has 1 heterocycles. The molecule has 0 bridgehead atoms. The minimum atomic E-state index is 0.677. The number of benzene rings is 1. The van der Waals surface area contributed by atoms with Gasteiger partial charge in [0.25, 0.3) is 0 Å². The largest absolute Gasteiger partial charge is 0.377 e. The summed E-state index contributed by atoms with van der Waals surface area (Å²) in [5.41, 5.74) is 5.65. The lowest BCUT2D eigenvalue weighted by Gasteiger charge is -2.25. The van der Waals surface area contributed by atoms with Crippen molar-refractivity contribution in [3.8, 4) is 0 Å². The van der Waals surface area contributed by atoms with Crippen molar-refractivity contribution < 1.29 is 0 Å². The lowest BCUT2D eigenvalue weighted by atomic mass is 9.95. The van der Waals surface area contributed by atoms with Crippen LogP contribution in [0, 0.1) is 13.8 Å². The fraction of sp³-hybridized carbons (Fsp3) is 0.625. The molecule has 0 aromatic heterocycles. The highest BCUT2D eigenvalue weighted by Gasteiger charge is 2.14. The van der Waals surface area contributed by atoms with Gasteiger partial charge in [0.1, 0.15) is 0 Å². The molecule has 1 unspecified atom stereocenters. The van der Waals surface area contributed by atoms with Gasteiger partial charge in [0.05, 0.1) is 0 Å². The summed E-state index contributed by atoms with van der Waals surface area (Å²) in [7, 11) is 4.26. The maximum atomic E-state index is 3.64. The van der Waals surface area contributed by atoms with Crippen LogP contribution in [-0.4, -0.2) is 26.7 Å². The van der Waals surface area contributed by atoms with Crippen molar-refractivity contribution in [2.24, 2.45) is 0 Å². The monoisotopic (exact) mass is 246 g/mol. The molecule has 1 saturated heterocycles. The topological polar surface area (TPSA) is 15.3 Å². The molecule has 100 valence electrons. The Kier molecular flexibility index (Phi) is 4.28. The van der Waals surface area contributed by atoms with Crippen LogP contribution < -0.4 is 10.2 Å². The molecule has 18 heavy (non-hydrogen) atoms. The maximum absolute atomic E-state index is 3.64. The van der Waals surface area contributed by atoms with E-state index >= 15 is 0 Å². The number of anilines is 1. The number of nitrogens with one attached hydrogen (secondary N) is 1. The second-order valence-corrected chi connectivity index (χ2v) is 5.80. The van der Waals surface area contributed by atoms with Gasteiger partial charge in [-0.3, -0.25) is 0 Å². The lowest BCUT2D eigenvalue weighted by Crippen LogP contribution is -2.35. The maximum Gasteiger partial charge on any atom is 0.0396 e. The average Bonchev–Trinajstić information content (AvgIpc) is 2.34. The highest BCUT2D eigenvalue weighted by atomic mass is 15.1. The molecule has 2 nitrogen and oxygen atoms in total. The van der Waals surface area contributed by atoms with Gasteiger partial charge in [-0.25, -0.2) is 0 Å². The molecule has 0 radical (unpaired) electrons. The van der Waals surface area contributed by atoms with E-state index in [1.165, 1.54) is 54.6 Å². The van der Waals surface area contributed by atoms with E-state index < -0.39 is 0 Å². The Labute approximate surface area is 111 Å².